The first-order chi connectivity index (χ1) is 14.8. The Hall–Kier alpha value is -2.35. The third-order valence-corrected chi connectivity index (χ3v) is 7.00. The third-order valence-electron chi connectivity index (χ3n) is 5.39. The van der Waals surface area contributed by atoms with Crippen LogP contribution in [-0.2, 0) is 4.79 Å². The van der Waals surface area contributed by atoms with Crippen LogP contribution in [-0.4, -0.2) is 34.2 Å². The number of nitrogens with zero attached hydrogens (tertiary/aromatic N) is 2. The molecule has 0 unspecified atom stereocenters. The van der Waals surface area contributed by atoms with E-state index in [1.807, 2.05) is 26.0 Å². The molecule has 5 nitrogen and oxygen atoms in total. The Bertz CT molecular complexity index is 1110. The highest BCUT2D eigenvalue weighted by molar-refractivity contribution is 8.26. The molecule has 2 aliphatic heterocycles. The highest BCUT2D eigenvalue weighted by atomic mass is 35.5. The normalized spacial score (nSPS) is 17.7. The summed E-state index contributed by atoms with van der Waals surface area (Å²) in [5.74, 6) is -0.830. The molecule has 160 valence electrons. The molecular formula is C23H22ClN3O2S2. The van der Waals surface area contributed by atoms with Crippen LogP contribution in [0.25, 0.3) is 6.08 Å². The van der Waals surface area contributed by atoms with Crippen molar-refractivity contribution >= 4 is 63.5 Å². The Kier molecular flexibility index (Phi) is 6.36. The molecule has 31 heavy (non-hydrogen) atoms. The quantitative estimate of drug-likeness (QED) is 0.496. The standard InChI is InChI=1S/C23H22ClN3O2S2/c1-14-5-8-18(19(24)11-14)21(28)25-27-22(29)20(31-23(27)30)13-16-6-7-17(12-15(16)2)26-9-3-4-10-26/h5-8,11-13H,3-4,9-10H2,1-2H3,(H,25,28)/b20-13+. The first-order valence-corrected chi connectivity index (χ1v) is 11.6. The number of benzene rings is 2. The van der Waals surface area contributed by atoms with Gasteiger partial charge in [0, 0.05) is 18.8 Å². The van der Waals surface area contributed by atoms with E-state index in [-0.39, 0.29) is 10.2 Å². The summed E-state index contributed by atoms with van der Waals surface area (Å²) in [6, 6.07) is 11.4. The minimum atomic E-state index is -0.478. The second-order valence-electron chi connectivity index (χ2n) is 7.68. The fourth-order valence-corrected chi connectivity index (χ4v) is 5.16. The molecule has 0 aliphatic carbocycles. The Balaban J connectivity index is 1.51. The van der Waals surface area contributed by atoms with Gasteiger partial charge in [-0.25, -0.2) is 0 Å². The summed E-state index contributed by atoms with van der Waals surface area (Å²) >= 11 is 12.7. The van der Waals surface area contributed by atoms with Crippen LogP contribution in [0.2, 0.25) is 5.02 Å². The van der Waals surface area contributed by atoms with Crippen LogP contribution < -0.4 is 10.3 Å². The molecule has 0 atom stereocenters. The third kappa shape index (κ3) is 4.63. The highest BCUT2D eigenvalue weighted by Crippen LogP contribution is 2.33. The molecular weight excluding hydrogens is 450 g/mol. The van der Waals surface area contributed by atoms with Crippen molar-refractivity contribution in [2.24, 2.45) is 0 Å². The molecule has 0 aromatic heterocycles. The molecule has 2 amide bonds. The molecule has 0 bridgehead atoms. The fourth-order valence-electron chi connectivity index (χ4n) is 3.67. The molecule has 4 rings (SSSR count). The number of carbonyl (C=O) groups is 2. The Labute approximate surface area is 196 Å². The number of amides is 2. The second-order valence-corrected chi connectivity index (χ2v) is 9.76. The zero-order valence-electron chi connectivity index (χ0n) is 17.3. The van der Waals surface area contributed by atoms with E-state index in [9.17, 15) is 9.59 Å². The largest absolute Gasteiger partial charge is 0.372 e. The van der Waals surface area contributed by atoms with Gasteiger partial charge in [0.05, 0.1) is 15.5 Å². The Morgan fingerprint density at radius 1 is 1.16 bits per heavy atom. The van der Waals surface area contributed by atoms with Crippen LogP contribution in [0.3, 0.4) is 0 Å². The van der Waals surface area contributed by atoms with E-state index in [4.69, 9.17) is 23.8 Å². The number of thioether (sulfide) groups is 1. The number of hydrogen-bond donors (Lipinski definition) is 1. The molecule has 2 saturated heterocycles. The van der Waals surface area contributed by atoms with E-state index < -0.39 is 5.91 Å². The van der Waals surface area contributed by atoms with Crippen molar-refractivity contribution in [3.8, 4) is 0 Å². The van der Waals surface area contributed by atoms with Crippen LogP contribution in [0.4, 0.5) is 5.69 Å². The van der Waals surface area contributed by atoms with E-state index in [1.165, 1.54) is 30.3 Å². The van der Waals surface area contributed by atoms with Crippen molar-refractivity contribution in [1.82, 2.24) is 10.4 Å². The lowest BCUT2D eigenvalue weighted by atomic mass is 10.1. The molecule has 0 saturated carbocycles. The average Bonchev–Trinajstić information content (AvgIpc) is 3.34. The van der Waals surface area contributed by atoms with E-state index in [0.717, 1.165) is 34.8 Å². The number of carbonyl (C=O) groups excluding carboxylic acids is 2. The SMILES string of the molecule is Cc1ccc(C(=O)NN2C(=O)/C(=C\c3ccc(N4CCCC4)cc3C)SC2=S)c(Cl)c1. The predicted molar refractivity (Wildman–Crippen MR) is 131 cm³/mol. The maximum atomic E-state index is 12.9. The summed E-state index contributed by atoms with van der Waals surface area (Å²) in [6.45, 7) is 6.09. The van der Waals surface area contributed by atoms with Crippen LogP contribution in [0.1, 0.15) is 39.9 Å². The summed E-state index contributed by atoms with van der Waals surface area (Å²) in [7, 11) is 0. The van der Waals surface area contributed by atoms with Gasteiger partial charge in [0.1, 0.15) is 0 Å². The van der Waals surface area contributed by atoms with Gasteiger partial charge < -0.3 is 4.90 Å². The topological polar surface area (TPSA) is 52.7 Å². The Morgan fingerprint density at radius 3 is 2.58 bits per heavy atom. The van der Waals surface area contributed by atoms with Crippen molar-refractivity contribution in [3.05, 3.63) is 68.6 Å². The van der Waals surface area contributed by atoms with Gasteiger partial charge in [-0.15, -0.1) is 0 Å². The molecule has 0 spiro atoms. The van der Waals surface area contributed by atoms with E-state index >= 15 is 0 Å². The van der Waals surface area contributed by atoms with Crippen molar-refractivity contribution in [2.75, 3.05) is 18.0 Å². The van der Waals surface area contributed by atoms with Gasteiger partial charge >= 0.3 is 0 Å². The minimum Gasteiger partial charge on any atom is -0.372 e. The zero-order chi connectivity index (χ0) is 22.1. The summed E-state index contributed by atoms with van der Waals surface area (Å²) in [5, 5.41) is 1.44. The van der Waals surface area contributed by atoms with Crippen LogP contribution in [0, 0.1) is 13.8 Å². The van der Waals surface area contributed by atoms with Crippen LogP contribution in [0.15, 0.2) is 41.3 Å². The smallest absolute Gasteiger partial charge is 0.285 e. The first-order valence-electron chi connectivity index (χ1n) is 10.0. The molecule has 2 fully saturated rings. The number of aryl methyl sites for hydroxylation is 2. The van der Waals surface area contributed by atoms with Gasteiger partial charge in [0.15, 0.2) is 4.32 Å². The van der Waals surface area contributed by atoms with Gasteiger partial charge in [-0.1, -0.05) is 35.5 Å². The molecule has 0 radical (unpaired) electrons. The van der Waals surface area contributed by atoms with E-state index in [1.54, 1.807) is 18.2 Å². The lowest BCUT2D eigenvalue weighted by Crippen LogP contribution is -2.44. The number of halogens is 1. The van der Waals surface area contributed by atoms with Crippen molar-refractivity contribution < 1.29 is 9.59 Å². The van der Waals surface area contributed by atoms with Gasteiger partial charge in [-0.05, 0) is 85.9 Å². The summed E-state index contributed by atoms with van der Waals surface area (Å²) in [5.41, 5.74) is 7.07. The zero-order valence-corrected chi connectivity index (χ0v) is 19.7. The maximum absolute atomic E-state index is 12.9. The number of anilines is 1. The lowest BCUT2D eigenvalue weighted by Gasteiger charge is -2.18. The second kappa shape index (κ2) is 9.02. The lowest BCUT2D eigenvalue weighted by molar-refractivity contribution is -0.123. The predicted octanol–water partition coefficient (Wildman–Crippen LogP) is 5.10. The number of thiocarbonyl (C=S) groups is 1. The van der Waals surface area contributed by atoms with Crippen LogP contribution in [0.5, 0.6) is 0 Å². The average molecular weight is 472 g/mol. The number of nitrogens with one attached hydrogen (secondary N) is 1. The van der Waals surface area contributed by atoms with Crippen LogP contribution >= 0.6 is 35.6 Å². The van der Waals surface area contributed by atoms with E-state index in [2.05, 4.69) is 22.5 Å². The molecule has 2 aromatic carbocycles. The van der Waals surface area contributed by atoms with Gasteiger partial charge in [-0.3, -0.25) is 15.0 Å². The number of rotatable bonds is 4. The van der Waals surface area contributed by atoms with Gasteiger partial charge in [-0.2, -0.15) is 5.01 Å². The Morgan fingerprint density at radius 2 is 1.90 bits per heavy atom. The van der Waals surface area contributed by atoms with Crippen molar-refractivity contribution in [1.29, 1.82) is 0 Å². The first kappa shape index (κ1) is 21.9. The summed E-state index contributed by atoms with van der Waals surface area (Å²) in [6.07, 6.45) is 4.28. The van der Waals surface area contributed by atoms with Crippen molar-refractivity contribution in [2.45, 2.75) is 26.7 Å². The summed E-state index contributed by atoms with van der Waals surface area (Å²) in [4.78, 5) is 28.4. The molecule has 8 heteroatoms. The van der Waals surface area contributed by atoms with E-state index in [0.29, 0.717) is 15.5 Å². The molecule has 1 N–H and O–H groups in total. The molecule has 2 heterocycles. The van der Waals surface area contributed by atoms with Gasteiger partial charge in [0.25, 0.3) is 11.8 Å². The number of hydrogen-bond acceptors (Lipinski definition) is 5. The maximum Gasteiger partial charge on any atom is 0.285 e. The van der Waals surface area contributed by atoms with Crippen molar-refractivity contribution in [3.63, 3.8) is 0 Å². The summed E-state index contributed by atoms with van der Waals surface area (Å²) < 4.78 is 0.277. The number of hydrazine groups is 1. The fraction of sp³-hybridized carbons (Fsp3) is 0.261. The van der Waals surface area contributed by atoms with Gasteiger partial charge in [0.2, 0.25) is 0 Å². The molecule has 2 aromatic rings. The molecule has 2 aliphatic rings. The minimum absolute atomic E-state index is 0.277. The highest BCUT2D eigenvalue weighted by Gasteiger charge is 2.34. The monoisotopic (exact) mass is 471 g/mol.